The Labute approximate surface area is 109 Å². The standard InChI is InChI=1S/C16H23NO/c1-2-12-9-10-16(18,11-12)15-8-7-13-5-3-4-6-14(13)17-15/h3-6,12,15,17-18H,2,7-11H2,1H3. The number of anilines is 1. The second kappa shape index (κ2) is 4.58. The van der Waals surface area contributed by atoms with Crippen LogP contribution in [0, 0.1) is 5.92 Å². The van der Waals surface area contributed by atoms with E-state index in [0.717, 1.165) is 25.7 Å². The molecule has 3 unspecified atom stereocenters. The normalized spacial score (nSPS) is 35.0. The number of fused-ring (bicyclic) bond motifs is 1. The minimum Gasteiger partial charge on any atom is -0.388 e. The highest BCUT2D eigenvalue weighted by atomic mass is 16.3. The van der Waals surface area contributed by atoms with Crippen LogP contribution in [0.1, 0.15) is 44.6 Å². The number of rotatable bonds is 2. The molecule has 0 spiro atoms. The maximum atomic E-state index is 10.9. The zero-order valence-electron chi connectivity index (χ0n) is 11.2. The van der Waals surface area contributed by atoms with Gasteiger partial charge >= 0.3 is 0 Å². The lowest BCUT2D eigenvalue weighted by Gasteiger charge is -2.38. The lowest BCUT2D eigenvalue weighted by atomic mass is 9.84. The van der Waals surface area contributed by atoms with Crippen molar-refractivity contribution in [2.75, 3.05) is 5.32 Å². The number of aliphatic hydroxyl groups is 1. The van der Waals surface area contributed by atoms with Crippen LogP contribution in [-0.2, 0) is 6.42 Å². The van der Waals surface area contributed by atoms with E-state index < -0.39 is 5.60 Å². The molecule has 1 aromatic rings. The molecule has 0 aromatic heterocycles. The molecule has 1 aliphatic carbocycles. The summed E-state index contributed by atoms with van der Waals surface area (Å²) in [6.45, 7) is 2.24. The zero-order valence-corrected chi connectivity index (χ0v) is 11.2. The van der Waals surface area contributed by atoms with Crippen molar-refractivity contribution in [3.05, 3.63) is 29.8 Å². The first-order chi connectivity index (χ1) is 8.71. The van der Waals surface area contributed by atoms with Gasteiger partial charge in [-0.1, -0.05) is 31.5 Å². The molecule has 2 aliphatic rings. The molecule has 3 atom stereocenters. The summed E-state index contributed by atoms with van der Waals surface area (Å²) in [5.41, 5.74) is 2.14. The van der Waals surface area contributed by atoms with Gasteiger partial charge in [-0.2, -0.15) is 0 Å². The summed E-state index contributed by atoms with van der Waals surface area (Å²) in [6.07, 6.45) is 6.48. The fraction of sp³-hybridized carbons (Fsp3) is 0.625. The van der Waals surface area contributed by atoms with Gasteiger partial charge in [0.05, 0.1) is 11.6 Å². The molecule has 1 aromatic carbocycles. The molecule has 2 heteroatoms. The maximum Gasteiger partial charge on any atom is 0.0850 e. The lowest BCUT2D eigenvalue weighted by molar-refractivity contribution is 0.0201. The van der Waals surface area contributed by atoms with Crippen molar-refractivity contribution >= 4 is 5.69 Å². The predicted molar refractivity (Wildman–Crippen MR) is 74.8 cm³/mol. The van der Waals surface area contributed by atoms with E-state index in [1.54, 1.807) is 0 Å². The summed E-state index contributed by atoms with van der Waals surface area (Å²) < 4.78 is 0. The van der Waals surface area contributed by atoms with Crippen LogP contribution < -0.4 is 5.32 Å². The molecule has 1 fully saturated rings. The van der Waals surface area contributed by atoms with E-state index in [1.807, 2.05) is 0 Å². The SMILES string of the molecule is CCC1CCC(O)(C2CCc3ccccc3N2)C1. The van der Waals surface area contributed by atoms with Crippen molar-refractivity contribution < 1.29 is 5.11 Å². The third-order valence-electron chi connectivity index (χ3n) is 4.90. The van der Waals surface area contributed by atoms with Gasteiger partial charge in [-0.05, 0) is 49.7 Å². The molecule has 98 valence electrons. The van der Waals surface area contributed by atoms with Gasteiger partial charge in [0.25, 0.3) is 0 Å². The Bertz CT molecular complexity index is 431. The number of hydrogen-bond donors (Lipinski definition) is 2. The number of hydrogen-bond acceptors (Lipinski definition) is 2. The van der Waals surface area contributed by atoms with Gasteiger partial charge < -0.3 is 10.4 Å². The molecule has 1 saturated carbocycles. The number of nitrogens with one attached hydrogen (secondary N) is 1. The number of para-hydroxylation sites is 1. The summed E-state index contributed by atoms with van der Waals surface area (Å²) in [5.74, 6) is 0.717. The van der Waals surface area contributed by atoms with E-state index in [0.29, 0.717) is 5.92 Å². The smallest absolute Gasteiger partial charge is 0.0850 e. The first-order valence-corrected chi connectivity index (χ1v) is 7.28. The molecule has 2 N–H and O–H groups in total. The van der Waals surface area contributed by atoms with Crippen LogP contribution in [0.15, 0.2) is 24.3 Å². The third-order valence-corrected chi connectivity index (χ3v) is 4.90. The largest absolute Gasteiger partial charge is 0.388 e. The van der Waals surface area contributed by atoms with Crippen molar-refractivity contribution in [2.45, 2.75) is 57.1 Å². The van der Waals surface area contributed by atoms with E-state index in [4.69, 9.17) is 0 Å². The summed E-state index contributed by atoms with van der Waals surface area (Å²) in [7, 11) is 0. The summed E-state index contributed by atoms with van der Waals surface area (Å²) in [6, 6.07) is 8.73. The van der Waals surface area contributed by atoms with Crippen LogP contribution in [0.5, 0.6) is 0 Å². The maximum absolute atomic E-state index is 10.9. The summed E-state index contributed by atoms with van der Waals surface area (Å²) in [5, 5.41) is 14.5. The van der Waals surface area contributed by atoms with E-state index >= 15 is 0 Å². The van der Waals surface area contributed by atoms with Crippen molar-refractivity contribution in [3.63, 3.8) is 0 Å². The van der Waals surface area contributed by atoms with Gasteiger partial charge in [-0.25, -0.2) is 0 Å². The van der Waals surface area contributed by atoms with Crippen LogP contribution in [-0.4, -0.2) is 16.7 Å². The van der Waals surface area contributed by atoms with Gasteiger partial charge in [0, 0.05) is 5.69 Å². The van der Waals surface area contributed by atoms with Crippen LogP contribution >= 0.6 is 0 Å². The molecule has 0 bridgehead atoms. The second-order valence-electron chi connectivity index (χ2n) is 6.01. The van der Waals surface area contributed by atoms with E-state index in [2.05, 4.69) is 36.5 Å². The Kier molecular flexibility index (Phi) is 3.06. The van der Waals surface area contributed by atoms with Crippen molar-refractivity contribution in [3.8, 4) is 0 Å². The van der Waals surface area contributed by atoms with Crippen LogP contribution in [0.2, 0.25) is 0 Å². The molecule has 2 nitrogen and oxygen atoms in total. The van der Waals surface area contributed by atoms with Crippen molar-refractivity contribution in [1.29, 1.82) is 0 Å². The fourth-order valence-electron chi connectivity index (χ4n) is 3.66. The van der Waals surface area contributed by atoms with Crippen LogP contribution in [0.3, 0.4) is 0 Å². The Hall–Kier alpha value is -1.02. The number of aryl methyl sites for hydroxylation is 1. The van der Waals surface area contributed by atoms with E-state index in [9.17, 15) is 5.11 Å². The average Bonchev–Trinajstić information content (AvgIpc) is 2.81. The predicted octanol–water partition coefficient (Wildman–Crippen LogP) is 3.35. The first kappa shape index (κ1) is 12.0. The van der Waals surface area contributed by atoms with Gasteiger partial charge in [-0.15, -0.1) is 0 Å². The highest BCUT2D eigenvalue weighted by Gasteiger charge is 2.43. The monoisotopic (exact) mass is 245 g/mol. The topological polar surface area (TPSA) is 32.3 Å². The molecule has 3 rings (SSSR count). The lowest BCUT2D eigenvalue weighted by Crippen LogP contribution is -2.47. The fourth-order valence-corrected chi connectivity index (χ4v) is 3.66. The third kappa shape index (κ3) is 2.03. The van der Waals surface area contributed by atoms with Crippen LogP contribution in [0.4, 0.5) is 5.69 Å². The minimum absolute atomic E-state index is 0.240. The Morgan fingerprint density at radius 3 is 2.94 bits per heavy atom. The Balaban J connectivity index is 1.76. The molecule has 1 heterocycles. The first-order valence-electron chi connectivity index (χ1n) is 7.28. The molecule has 0 radical (unpaired) electrons. The molecule has 0 saturated heterocycles. The molecule has 18 heavy (non-hydrogen) atoms. The molecule has 0 amide bonds. The van der Waals surface area contributed by atoms with E-state index in [1.165, 1.54) is 24.1 Å². The van der Waals surface area contributed by atoms with Gasteiger partial charge in [0.2, 0.25) is 0 Å². The highest BCUT2D eigenvalue weighted by Crippen LogP contribution is 2.42. The minimum atomic E-state index is -0.478. The molecular formula is C16H23NO. The van der Waals surface area contributed by atoms with Crippen LogP contribution in [0.25, 0.3) is 0 Å². The Morgan fingerprint density at radius 1 is 1.33 bits per heavy atom. The van der Waals surface area contributed by atoms with Crippen molar-refractivity contribution in [2.24, 2.45) is 5.92 Å². The zero-order chi connectivity index (χ0) is 12.6. The quantitative estimate of drug-likeness (QED) is 0.837. The van der Waals surface area contributed by atoms with Gasteiger partial charge in [0.1, 0.15) is 0 Å². The average molecular weight is 245 g/mol. The van der Waals surface area contributed by atoms with Crippen molar-refractivity contribution in [1.82, 2.24) is 0 Å². The Morgan fingerprint density at radius 2 is 2.17 bits per heavy atom. The molecule has 1 aliphatic heterocycles. The van der Waals surface area contributed by atoms with E-state index in [-0.39, 0.29) is 6.04 Å². The summed E-state index contributed by atoms with van der Waals surface area (Å²) in [4.78, 5) is 0. The van der Waals surface area contributed by atoms with Gasteiger partial charge in [-0.3, -0.25) is 0 Å². The molecular weight excluding hydrogens is 222 g/mol. The number of benzene rings is 1. The summed E-state index contributed by atoms with van der Waals surface area (Å²) >= 11 is 0. The highest BCUT2D eigenvalue weighted by molar-refractivity contribution is 5.54. The van der Waals surface area contributed by atoms with Gasteiger partial charge in [0.15, 0.2) is 0 Å². The second-order valence-corrected chi connectivity index (χ2v) is 6.01.